The predicted octanol–water partition coefficient (Wildman–Crippen LogP) is 4.60. The Kier molecular flexibility index (Phi) is 9.77. The molecular formula is C21H38N2O3S. The van der Waals surface area contributed by atoms with Crippen molar-refractivity contribution in [1.82, 2.24) is 10.2 Å². The van der Waals surface area contributed by atoms with Crippen LogP contribution in [-0.2, 0) is 6.42 Å². The van der Waals surface area contributed by atoms with Crippen molar-refractivity contribution < 1.29 is 15.0 Å². The second kappa shape index (κ2) is 11.0. The van der Waals surface area contributed by atoms with Crippen molar-refractivity contribution in [3.8, 4) is 0 Å². The highest BCUT2D eigenvalue weighted by Crippen LogP contribution is 2.23. The number of nitrogens with one attached hydrogen (secondary N) is 1. The summed E-state index contributed by atoms with van der Waals surface area (Å²) in [5.41, 5.74) is 0.473. The summed E-state index contributed by atoms with van der Waals surface area (Å²) in [5, 5.41) is 28.1. The number of hydrogen-bond acceptors (Lipinski definition) is 4. The van der Waals surface area contributed by atoms with Crippen LogP contribution in [0.3, 0.4) is 0 Å². The largest absolute Gasteiger partial charge is 0.465 e. The van der Waals surface area contributed by atoms with Gasteiger partial charge in [0.25, 0.3) is 0 Å². The molecule has 1 heterocycles. The SMILES string of the molecule is CC(C)CCCC(C)NC[C@@H](O)[C@H](Cc1ccsc1)N(C(=O)O)C(C)(C)C. The molecule has 1 rings (SSSR count). The molecule has 156 valence electrons. The van der Waals surface area contributed by atoms with Gasteiger partial charge in [0, 0.05) is 18.1 Å². The molecule has 3 atom stereocenters. The second-order valence-corrected chi connectivity index (χ2v) is 9.71. The molecule has 1 aromatic heterocycles. The molecule has 0 saturated heterocycles. The highest BCUT2D eigenvalue weighted by atomic mass is 32.1. The third kappa shape index (κ3) is 8.62. The molecule has 3 N–H and O–H groups in total. The minimum Gasteiger partial charge on any atom is -0.465 e. The minimum absolute atomic E-state index is 0.299. The van der Waals surface area contributed by atoms with Crippen LogP contribution in [0.15, 0.2) is 16.8 Å². The Morgan fingerprint density at radius 3 is 2.41 bits per heavy atom. The molecule has 0 fully saturated rings. The lowest BCUT2D eigenvalue weighted by Crippen LogP contribution is -2.58. The van der Waals surface area contributed by atoms with Gasteiger partial charge >= 0.3 is 6.09 Å². The molecule has 27 heavy (non-hydrogen) atoms. The first-order chi connectivity index (χ1) is 12.5. The van der Waals surface area contributed by atoms with E-state index in [4.69, 9.17) is 0 Å². The van der Waals surface area contributed by atoms with E-state index in [1.807, 2.05) is 37.6 Å². The van der Waals surface area contributed by atoms with Crippen molar-refractivity contribution in [2.24, 2.45) is 5.92 Å². The lowest BCUT2D eigenvalue weighted by molar-refractivity contribution is 0.00700. The maximum atomic E-state index is 12.0. The molecule has 1 unspecified atom stereocenters. The zero-order chi connectivity index (χ0) is 20.6. The Labute approximate surface area is 168 Å². The number of carboxylic acid groups (broad SMARTS) is 1. The smallest absolute Gasteiger partial charge is 0.408 e. The van der Waals surface area contributed by atoms with E-state index in [1.54, 1.807) is 11.3 Å². The van der Waals surface area contributed by atoms with Gasteiger partial charge in [-0.25, -0.2) is 4.79 Å². The standard InChI is InChI=1S/C21H38N2O3S/c1-15(2)8-7-9-16(3)22-13-19(24)18(12-17-10-11-27-14-17)23(20(25)26)21(4,5)6/h10-11,14-16,18-19,22,24H,7-9,12-13H2,1-6H3,(H,25,26)/t16?,18-,19+/m0/s1. The fourth-order valence-electron chi connectivity index (χ4n) is 3.37. The first-order valence-electron chi connectivity index (χ1n) is 9.97. The molecule has 1 aromatic rings. The van der Waals surface area contributed by atoms with Crippen LogP contribution < -0.4 is 5.32 Å². The van der Waals surface area contributed by atoms with Crippen LogP contribution in [0.1, 0.15) is 66.4 Å². The van der Waals surface area contributed by atoms with Crippen LogP contribution in [0.4, 0.5) is 4.79 Å². The molecule has 0 bridgehead atoms. The predicted molar refractivity (Wildman–Crippen MR) is 114 cm³/mol. The molecule has 0 spiro atoms. The van der Waals surface area contributed by atoms with Crippen LogP contribution >= 0.6 is 11.3 Å². The van der Waals surface area contributed by atoms with Gasteiger partial charge in [-0.1, -0.05) is 26.7 Å². The lowest BCUT2D eigenvalue weighted by Gasteiger charge is -2.42. The molecule has 0 aliphatic rings. The van der Waals surface area contributed by atoms with Crippen LogP contribution in [0.25, 0.3) is 0 Å². The number of hydrogen-bond donors (Lipinski definition) is 3. The molecule has 0 aromatic carbocycles. The molecule has 0 saturated carbocycles. The van der Waals surface area contributed by atoms with Crippen molar-refractivity contribution in [2.45, 2.75) is 91.0 Å². The number of thiophene rings is 1. The zero-order valence-corrected chi connectivity index (χ0v) is 18.6. The number of aliphatic hydroxyl groups excluding tert-OH is 1. The van der Waals surface area contributed by atoms with Crippen LogP contribution in [0.2, 0.25) is 0 Å². The van der Waals surface area contributed by atoms with Gasteiger partial charge in [-0.2, -0.15) is 11.3 Å². The van der Waals surface area contributed by atoms with E-state index in [2.05, 4.69) is 26.1 Å². The van der Waals surface area contributed by atoms with E-state index in [0.717, 1.165) is 18.4 Å². The summed E-state index contributed by atoms with van der Waals surface area (Å²) in [6.07, 6.45) is 2.16. The average Bonchev–Trinajstić information content (AvgIpc) is 3.03. The molecule has 5 nitrogen and oxygen atoms in total. The first-order valence-corrected chi connectivity index (χ1v) is 10.9. The Morgan fingerprint density at radius 1 is 1.26 bits per heavy atom. The highest BCUT2D eigenvalue weighted by Gasteiger charge is 2.37. The fourth-order valence-corrected chi connectivity index (χ4v) is 4.05. The number of rotatable bonds is 11. The van der Waals surface area contributed by atoms with Crippen LogP contribution in [0.5, 0.6) is 0 Å². The van der Waals surface area contributed by atoms with Gasteiger partial charge in [-0.3, -0.25) is 4.90 Å². The minimum atomic E-state index is -0.994. The normalized spacial score (nSPS) is 15.6. The van der Waals surface area contributed by atoms with E-state index in [9.17, 15) is 15.0 Å². The van der Waals surface area contributed by atoms with E-state index in [-0.39, 0.29) is 0 Å². The Bertz CT molecular complexity index is 540. The summed E-state index contributed by atoms with van der Waals surface area (Å²) in [7, 11) is 0. The second-order valence-electron chi connectivity index (χ2n) is 8.93. The van der Waals surface area contributed by atoms with Gasteiger partial charge in [-0.15, -0.1) is 0 Å². The molecule has 0 aliphatic carbocycles. The number of carbonyl (C=O) groups is 1. The van der Waals surface area contributed by atoms with Crippen molar-refractivity contribution in [2.75, 3.05) is 6.54 Å². The quantitative estimate of drug-likeness (QED) is 0.509. The monoisotopic (exact) mass is 398 g/mol. The van der Waals surface area contributed by atoms with Crippen LogP contribution in [-0.4, -0.2) is 51.5 Å². The van der Waals surface area contributed by atoms with Crippen LogP contribution in [0, 0.1) is 5.92 Å². The maximum Gasteiger partial charge on any atom is 0.408 e. The summed E-state index contributed by atoms with van der Waals surface area (Å²) >= 11 is 1.59. The third-order valence-electron chi connectivity index (χ3n) is 4.82. The fraction of sp³-hybridized carbons (Fsp3) is 0.762. The first kappa shape index (κ1) is 23.9. The van der Waals surface area contributed by atoms with E-state index in [0.29, 0.717) is 24.9 Å². The van der Waals surface area contributed by atoms with E-state index in [1.165, 1.54) is 11.3 Å². The maximum absolute atomic E-state index is 12.0. The number of amides is 1. The summed E-state index contributed by atoms with van der Waals surface area (Å²) < 4.78 is 0. The highest BCUT2D eigenvalue weighted by molar-refractivity contribution is 7.07. The number of nitrogens with zero attached hydrogens (tertiary/aromatic N) is 1. The topological polar surface area (TPSA) is 72.8 Å². The Balaban J connectivity index is 2.77. The van der Waals surface area contributed by atoms with Gasteiger partial charge in [-0.05, 0) is 68.8 Å². The van der Waals surface area contributed by atoms with Crippen molar-refractivity contribution >= 4 is 17.4 Å². The summed E-state index contributed by atoms with van der Waals surface area (Å²) in [4.78, 5) is 13.4. The van der Waals surface area contributed by atoms with Gasteiger partial charge < -0.3 is 15.5 Å². The summed E-state index contributed by atoms with van der Waals surface area (Å²) in [6.45, 7) is 12.6. The molecule has 0 aliphatic heterocycles. The Hall–Kier alpha value is -1.11. The molecule has 1 amide bonds. The summed E-state index contributed by atoms with van der Waals surface area (Å²) in [6, 6.07) is 1.80. The van der Waals surface area contributed by atoms with Gasteiger partial charge in [0.1, 0.15) is 0 Å². The van der Waals surface area contributed by atoms with Crippen molar-refractivity contribution in [3.63, 3.8) is 0 Å². The molecular weight excluding hydrogens is 360 g/mol. The van der Waals surface area contributed by atoms with E-state index >= 15 is 0 Å². The summed E-state index contributed by atoms with van der Waals surface area (Å²) in [5.74, 6) is 0.702. The molecule has 0 radical (unpaired) electrons. The van der Waals surface area contributed by atoms with Gasteiger partial charge in [0.2, 0.25) is 0 Å². The lowest BCUT2D eigenvalue weighted by atomic mass is 9.95. The van der Waals surface area contributed by atoms with Crippen molar-refractivity contribution in [3.05, 3.63) is 22.4 Å². The average molecular weight is 399 g/mol. The van der Waals surface area contributed by atoms with Gasteiger partial charge in [0.15, 0.2) is 0 Å². The molecule has 6 heteroatoms. The zero-order valence-electron chi connectivity index (χ0n) is 17.7. The third-order valence-corrected chi connectivity index (χ3v) is 5.56. The van der Waals surface area contributed by atoms with Gasteiger partial charge in [0.05, 0.1) is 12.1 Å². The Morgan fingerprint density at radius 2 is 1.93 bits per heavy atom. The van der Waals surface area contributed by atoms with E-state index < -0.39 is 23.8 Å². The number of aliphatic hydroxyl groups is 1. The van der Waals surface area contributed by atoms with Crippen molar-refractivity contribution in [1.29, 1.82) is 0 Å².